The first kappa shape index (κ1) is 9.89. The van der Waals surface area contributed by atoms with Gasteiger partial charge in [0, 0.05) is 18.9 Å². The molecule has 0 saturated carbocycles. The van der Waals surface area contributed by atoms with E-state index >= 15 is 0 Å². The van der Waals surface area contributed by atoms with Crippen molar-refractivity contribution >= 4 is 17.6 Å². The Morgan fingerprint density at radius 2 is 2.00 bits per heavy atom. The van der Waals surface area contributed by atoms with Crippen molar-refractivity contribution in [1.82, 2.24) is 5.16 Å². The molecule has 0 atom stereocenters. The lowest BCUT2D eigenvalue weighted by molar-refractivity contribution is -0.130. The number of aromatic nitrogens is 1. The van der Waals surface area contributed by atoms with Gasteiger partial charge in [0.25, 0.3) is 0 Å². The van der Waals surface area contributed by atoms with E-state index in [2.05, 4.69) is 5.16 Å². The maximum atomic E-state index is 11.6. The van der Waals surface area contributed by atoms with E-state index in [0.717, 1.165) is 4.90 Å². The number of piperidine rings is 1. The van der Waals surface area contributed by atoms with Gasteiger partial charge in [0.05, 0.1) is 0 Å². The molecule has 1 aromatic rings. The average molecular weight is 208 g/mol. The lowest BCUT2D eigenvalue weighted by Crippen LogP contribution is -2.43. The number of nitrogens with zero attached hydrogens (tertiary/aromatic N) is 2. The van der Waals surface area contributed by atoms with Crippen LogP contribution in [0.3, 0.4) is 0 Å². The third kappa shape index (κ3) is 1.77. The number of hydrogen-bond acceptors (Lipinski definition) is 4. The molecule has 2 rings (SSSR count). The fourth-order valence-corrected chi connectivity index (χ4v) is 1.70. The van der Waals surface area contributed by atoms with Gasteiger partial charge in [0.15, 0.2) is 5.82 Å². The van der Waals surface area contributed by atoms with Crippen molar-refractivity contribution in [3.05, 3.63) is 11.8 Å². The largest absolute Gasteiger partial charge is 0.360 e. The van der Waals surface area contributed by atoms with Gasteiger partial charge in [-0.2, -0.15) is 0 Å². The Kier molecular flexibility index (Phi) is 2.30. The van der Waals surface area contributed by atoms with Crippen LogP contribution in [0.2, 0.25) is 0 Å². The Labute approximate surface area is 87.0 Å². The first-order valence-corrected chi connectivity index (χ1v) is 4.87. The molecule has 0 aliphatic carbocycles. The van der Waals surface area contributed by atoms with Crippen LogP contribution >= 0.6 is 0 Å². The molecule has 0 bridgehead atoms. The topological polar surface area (TPSA) is 63.4 Å². The normalized spacial score (nSPS) is 18.7. The summed E-state index contributed by atoms with van der Waals surface area (Å²) in [5, 5.41) is 3.67. The highest BCUT2D eigenvalue weighted by Crippen LogP contribution is 2.24. The maximum absolute atomic E-state index is 11.6. The van der Waals surface area contributed by atoms with Crippen molar-refractivity contribution in [3.63, 3.8) is 0 Å². The van der Waals surface area contributed by atoms with Crippen LogP contribution in [-0.2, 0) is 9.59 Å². The summed E-state index contributed by atoms with van der Waals surface area (Å²) >= 11 is 0. The van der Waals surface area contributed by atoms with Crippen LogP contribution in [-0.4, -0.2) is 17.0 Å². The second kappa shape index (κ2) is 3.49. The van der Waals surface area contributed by atoms with Crippen molar-refractivity contribution in [2.45, 2.75) is 26.7 Å². The highest BCUT2D eigenvalue weighted by molar-refractivity contribution is 6.15. The molecule has 5 nitrogen and oxygen atoms in total. The monoisotopic (exact) mass is 208 g/mol. The molecule has 80 valence electrons. The van der Waals surface area contributed by atoms with Crippen LogP contribution < -0.4 is 4.90 Å². The molecule has 0 N–H and O–H groups in total. The molecule has 2 heterocycles. The van der Waals surface area contributed by atoms with Gasteiger partial charge < -0.3 is 4.52 Å². The van der Waals surface area contributed by atoms with Crippen molar-refractivity contribution < 1.29 is 14.1 Å². The molecule has 0 aromatic carbocycles. The highest BCUT2D eigenvalue weighted by Gasteiger charge is 2.33. The predicted octanol–water partition coefficient (Wildman–Crippen LogP) is 1.27. The van der Waals surface area contributed by atoms with Gasteiger partial charge in [-0.1, -0.05) is 12.1 Å². The van der Waals surface area contributed by atoms with E-state index in [9.17, 15) is 9.59 Å². The standard InChI is InChI=1S/C10H12N2O3/c1-6-3-9(13)12(10(14)4-6)8-5-7(2)15-11-8/h5-6H,3-4H2,1-2H3. The van der Waals surface area contributed by atoms with Crippen LogP contribution in [0.5, 0.6) is 0 Å². The van der Waals surface area contributed by atoms with Gasteiger partial charge >= 0.3 is 0 Å². The van der Waals surface area contributed by atoms with Gasteiger partial charge in [0.1, 0.15) is 5.76 Å². The van der Waals surface area contributed by atoms with Crippen molar-refractivity contribution in [2.75, 3.05) is 4.90 Å². The first-order chi connectivity index (χ1) is 7.08. The minimum Gasteiger partial charge on any atom is -0.360 e. The summed E-state index contributed by atoms with van der Waals surface area (Å²) in [5.74, 6) is 0.604. The lowest BCUT2D eigenvalue weighted by Gasteiger charge is -2.25. The zero-order chi connectivity index (χ0) is 11.0. The number of imide groups is 1. The molecule has 0 radical (unpaired) electrons. The third-order valence-corrected chi connectivity index (χ3v) is 2.39. The second-order valence-electron chi connectivity index (χ2n) is 3.93. The number of aryl methyl sites for hydroxylation is 1. The third-order valence-electron chi connectivity index (χ3n) is 2.39. The minimum atomic E-state index is -0.202. The SMILES string of the molecule is Cc1cc(N2C(=O)CC(C)CC2=O)no1. The Hall–Kier alpha value is -1.65. The van der Waals surface area contributed by atoms with Crippen LogP contribution in [0.4, 0.5) is 5.82 Å². The predicted molar refractivity (Wildman–Crippen MR) is 52.1 cm³/mol. The first-order valence-electron chi connectivity index (χ1n) is 4.87. The zero-order valence-corrected chi connectivity index (χ0v) is 8.69. The molecular formula is C10H12N2O3. The molecular weight excluding hydrogens is 196 g/mol. The second-order valence-corrected chi connectivity index (χ2v) is 3.93. The Balaban J connectivity index is 2.28. The summed E-state index contributed by atoms with van der Waals surface area (Å²) in [5.41, 5.74) is 0. The Bertz CT molecular complexity index is 393. The molecule has 1 aliphatic heterocycles. The number of carbonyl (C=O) groups is 2. The minimum absolute atomic E-state index is 0.120. The van der Waals surface area contributed by atoms with Gasteiger partial charge in [-0.05, 0) is 12.8 Å². The summed E-state index contributed by atoms with van der Waals surface area (Å²) in [4.78, 5) is 24.4. The van der Waals surface area contributed by atoms with Crippen molar-refractivity contribution in [2.24, 2.45) is 5.92 Å². The average Bonchev–Trinajstić information content (AvgIpc) is 2.49. The molecule has 1 aromatic heterocycles. The number of hydrogen-bond donors (Lipinski definition) is 0. The van der Waals surface area contributed by atoms with E-state index in [-0.39, 0.29) is 17.7 Å². The van der Waals surface area contributed by atoms with Crippen molar-refractivity contribution in [1.29, 1.82) is 0 Å². The number of anilines is 1. The van der Waals surface area contributed by atoms with E-state index in [1.807, 2.05) is 6.92 Å². The molecule has 2 amide bonds. The van der Waals surface area contributed by atoms with Crippen LogP contribution in [0, 0.1) is 12.8 Å². The molecule has 1 saturated heterocycles. The van der Waals surface area contributed by atoms with E-state index < -0.39 is 0 Å². The molecule has 15 heavy (non-hydrogen) atoms. The number of amides is 2. The summed E-state index contributed by atoms with van der Waals surface area (Å²) in [6.07, 6.45) is 0.773. The lowest BCUT2D eigenvalue weighted by atomic mass is 9.98. The van der Waals surface area contributed by atoms with Gasteiger partial charge in [-0.15, -0.1) is 0 Å². The van der Waals surface area contributed by atoms with Gasteiger partial charge in [-0.25, -0.2) is 4.90 Å². The zero-order valence-electron chi connectivity index (χ0n) is 8.69. The maximum Gasteiger partial charge on any atom is 0.235 e. The van der Waals surface area contributed by atoms with E-state index in [1.54, 1.807) is 13.0 Å². The highest BCUT2D eigenvalue weighted by atomic mass is 16.5. The summed E-state index contributed by atoms with van der Waals surface area (Å²) in [7, 11) is 0. The van der Waals surface area contributed by atoms with E-state index in [1.165, 1.54) is 0 Å². The van der Waals surface area contributed by atoms with Crippen LogP contribution in [0.1, 0.15) is 25.5 Å². The fraction of sp³-hybridized carbons (Fsp3) is 0.500. The molecule has 1 fully saturated rings. The molecule has 0 unspecified atom stereocenters. The quantitative estimate of drug-likeness (QED) is 0.652. The molecule has 1 aliphatic rings. The van der Waals surface area contributed by atoms with Gasteiger partial charge in [0.2, 0.25) is 11.8 Å². The van der Waals surface area contributed by atoms with Gasteiger partial charge in [-0.3, -0.25) is 9.59 Å². The number of carbonyl (C=O) groups excluding carboxylic acids is 2. The van der Waals surface area contributed by atoms with Crippen LogP contribution in [0.25, 0.3) is 0 Å². The number of rotatable bonds is 1. The Morgan fingerprint density at radius 1 is 1.40 bits per heavy atom. The summed E-state index contributed by atoms with van der Waals surface area (Å²) < 4.78 is 4.85. The van der Waals surface area contributed by atoms with Crippen molar-refractivity contribution in [3.8, 4) is 0 Å². The summed E-state index contributed by atoms with van der Waals surface area (Å²) in [6, 6.07) is 1.59. The van der Waals surface area contributed by atoms with E-state index in [0.29, 0.717) is 24.4 Å². The molecule has 0 spiro atoms. The Morgan fingerprint density at radius 3 is 2.47 bits per heavy atom. The smallest absolute Gasteiger partial charge is 0.235 e. The van der Waals surface area contributed by atoms with Crippen LogP contribution in [0.15, 0.2) is 10.6 Å². The molecule has 5 heteroatoms. The fourth-order valence-electron chi connectivity index (χ4n) is 1.70. The van der Waals surface area contributed by atoms with E-state index in [4.69, 9.17) is 4.52 Å². The summed E-state index contributed by atoms with van der Waals surface area (Å²) in [6.45, 7) is 3.61.